The van der Waals surface area contributed by atoms with E-state index in [-0.39, 0.29) is 30.2 Å². The number of carbonyl (C=O) groups is 1. The molecule has 1 unspecified atom stereocenters. The van der Waals surface area contributed by atoms with E-state index in [4.69, 9.17) is 15.4 Å². The molecule has 1 fully saturated rings. The summed E-state index contributed by atoms with van der Waals surface area (Å²) in [5.74, 6) is -2.27. The van der Waals surface area contributed by atoms with Crippen molar-refractivity contribution in [2.75, 3.05) is 20.1 Å². The second kappa shape index (κ2) is 10.1. The number of nitrogens with one attached hydrogen (secondary N) is 2. The Morgan fingerprint density at radius 3 is 2.56 bits per heavy atom. The normalized spacial score (nSPS) is 17.8. The van der Waals surface area contributed by atoms with Crippen molar-refractivity contribution >= 4 is 23.7 Å². The van der Waals surface area contributed by atoms with Crippen LogP contribution in [0.1, 0.15) is 30.6 Å². The van der Waals surface area contributed by atoms with Gasteiger partial charge in [-0.2, -0.15) is 10.4 Å². The second-order valence-corrected chi connectivity index (χ2v) is 8.26. The maximum Gasteiger partial charge on any atom is 0.341 e. The molecule has 0 bridgehead atoms. The summed E-state index contributed by atoms with van der Waals surface area (Å²) < 4.78 is 47.5. The van der Waals surface area contributed by atoms with E-state index in [1.807, 2.05) is 0 Å². The number of nitrogens with zero attached hydrogens (tertiary/aromatic N) is 5. The summed E-state index contributed by atoms with van der Waals surface area (Å²) in [6, 6.07) is 5.11. The zero-order valence-electron chi connectivity index (χ0n) is 19.4. The zero-order valence-corrected chi connectivity index (χ0v) is 19.4. The average molecular weight is 497 g/mol. The Morgan fingerprint density at radius 1 is 1.22 bits per heavy atom. The van der Waals surface area contributed by atoms with Gasteiger partial charge < -0.3 is 15.0 Å². The highest BCUT2D eigenvalue weighted by molar-refractivity contribution is 6.12. The Balaban J connectivity index is 1.43. The molecule has 9 nitrogen and oxygen atoms in total. The molecular formula is C24H22F3N7O2. The first-order chi connectivity index (χ1) is 17.2. The van der Waals surface area contributed by atoms with Crippen molar-refractivity contribution < 1.29 is 22.7 Å². The van der Waals surface area contributed by atoms with E-state index in [0.29, 0.717) is 23.3 Å². The average Bonchev–Trinajstić information content (AvgIpc) is 3.31. The third kappa shape index (κ3) is 4.86. The van der Waals surface area contributed by atoms with Crippen LogP contribution in [0.4, 0.5) is 18.0 Å². The van der Waals surface area contributed by atoms with Crippen LogP contribution in [0.25, 0.3) is 5.70 Å². The number of likely N-dealkylation sites (tertiary alicyclic amines) is 1. The summed E-state index contributed by atoms with van der Waals surface area (Å²) in [4.78, 5) is 18.4. The fraction of sp³-hybridized carbons (Fsp3) is 0.292. The van der Waals surface area contributed by atoms with E-state index in [1.165, 1.54) is 34.3 Å². The summed E-state index contributed by atoms with van der Waals surface area (Å²) in [6.07, 6.45) is 2.30. The van der Waals surface area contributed by atoms with Crippen molar-refractivity contribution in [1.82, 2.24) is 20.2 Å². The summed E-state index contributed by atoms with van der Waals surface area (Å²) >= 11 is 0. The number of halogens is 3. The first-order valence-corrected chi connectivity index (χ1v) is 11.0. The fourth-order valence-electron chi connectivity index (χ4n) is 4.00. The summed E-state index contributed by atoms with van der Waals surface area (Å²) in [5.41, 5.74) is 1.04. The minimum Gasteiger partial charge on any atom is -0.483 e. The number of hydrogen-bond donors (Lipinski definition) is 2. The number of carbonyl (C=O) groups excluding carboxylic acids is 1. The number of rotatable bonds is 6. The molecule has 186 valence electrons. The molecule has 2 aromatic rings. The number of amides is 2. The largest absolute Gasteiger partial charge is 0.483 e. The number of benzene rings is 1. The van der Waals surface area contributed by atoms with Gasteiger partial charge in [0.1, 0.15) is 29.5 Å². The van der Waals surface area contributed by atoms with E-state index in [0.717, 1.165) is 12.3 Å². The minimum atomic E-state index is -0.739. The van der Waals surface area contributed by atoms with Crippen LogP contribution in [0.2, 0.25) is 0 Å². The van der Waals surface area contributed by atoms with Crippen LogP contribution < -0.4 is 10.1 Å². The van der Waals surface area contributed by atoms with Gasteiger partial charge in [-0.25, -0.2) is 23.0 Å². The lowest BCUT2D eigenvalue weighted by Gasteiger charge is -2.41. The van der Waals surface area contributed by atoms with E-state index >= 15 is 0 Å². The van der Waals surface area contributed by atoms with E-state index in [1.54, 1.807) is 20.0 Å². The van der Waals surface area contributed by atoms with Crippen LogP contribution in [0, 0.1) is 34.2 Å². The summed E-state index contributed by atoms with van der Waals surface area (Å²) in [7, 11) is 1.59. The first kappa shape index (κ1) is 24.7. The van der Waals surface area contributed by atoms with Crippen LogP contribution in [0.15, 0.2) is 41.1 Å². The maximum absolute atomic E-state index is 14.4. The highest BCUT2D eigenvalue weighted by Crippen LogP contribution is 2.32. The van der Waals surface area contributed by atoms with Crippen molar-refractivity contribution in [3.8, 4) is 11.8 Å². The monoisotopic (exact) mass is 497 g/mol. The Morgan fingerprint density at radius 2 is 1.92 bits per heavy atom. The summed E-state index contributed by atoms with van der Waals surface area (Å²) in [5, 5.41) is 24.8. The molecule has 2 aliphatic rings. The molecule has 0 spiro atoms. The van der Waals surface area contributed by atoms with Crippen LogP contribution >= 0.6 is 0 Å². The predicted molar refractivity (Wildman–Crippen MR) is 125 cm³/mol. The van der Waals surface area contributed by atoms with Gasteiger partial charge >= 0.3 is 6.03 Å². The van der Waals surface area contributed by atoms with Gasteiger partial charge in [0.25, 0.3) is 0 Å². The molecule has 1 aromatic heterocycles. The maximum atomic E-state index is 14.4. The molecule has 4 rings (SSSR count). The SMILES string of the molecule is CN/C(=C(/C)C(=N)C#N)c1cc(OC2CN(C(=O)N3N=CCC3c3cc(F)cc(F)c3)C2)c(F)cn1. The minimum absolute atomic E-state index is 0.0894. The molecule has 2 N–H and O–H groups in total. The van der Waals surface area contributed by atoms with Gasteiger partial charge in [0.2, 0.25) is 0 Å². The number of hydrazone groups is 1. The number of allylic oxidation sites excluding steroid dienone is 1. The quantitative estimate of drug-likeness (QED) is 0.592. The first-order valence-electron chi connectivity index (χ1n) is 11.0. The third-order valence-electron chi connectivity index (χ3n) is 5.90. The van der Waals surface area contributed by atoms with Crippen molar-refractivity contribution in [3.05, 3.63) is 64.7 Å². The van der Waals surface area contributed by atoms with Gasteiger partial charge in [-0.15, -0.1) is 0 Å². The molecule has 2 amide bonds. The van der Waals surface area contributed by atoms with Gasteiger partial charge in [-0.05, 0) is 24.6 Å². The van der Waals surface area contributed by atoms with Crippen molar-refractivity contribution in [1.29, 1.82) is 10.7 Å². The van der Waals surface area contributed by atoms with Gasteiger partial charge in [-0.1, -0.05) is 0 Å². The van der Waals surface area contributed by atoms with Gasteiger partial charge in [0, 0.05) is 37.4 Å². The predicted octanol–water partition coefficient (Wildman–Crippen LogP) is 3.61. The van der Waals surface area contributed by atoms with Gasteiger partial charge in [0.05, 0.1) is 36.7 Å². The smallest absolute Gasteiger partial charge is 0.341 e. The van der Waals surface area contributed by atoms with E-state index in [9.17, 15) is 18.0 Å². The Labute approximate surface area is 205 Å². The molecule has 0 aliphatic carbocycles. The lowest BCUT2D eigenvalue weighted by atomic mass is 10.0. The lowest BCUT2D eigenvalue weighted by molar-refractivity contribution is 0.0256. The third-order valence-corrected chi connectivity index (χ3v) is 5.90. The van der Waals surface area contributed by atoms with Crippen molar-refractivity contribution in [2.45, 2.75) is 25.5 Å². The van der Waals surface area contributed by atoms with Gasteiger partial charge in [0.15, 0.2) is 11.6 Å². The number of nitriles is 1. The molecule has 1 atom stereocenters. The molecule has 36 heavy (non-hydrogen) atoms. The highest BCUT2D eigenvalue weighted by atomic mass is 19.1. The number of aromatic nitrogens is 1. The van der Waals surface area contributed by atoms with Crippen LogP contribution in [-0.2, 0) is 0 Å². The molecule has 2 aliphatic heterocycles. The molecule has 1 saturated heterocycles. The second-order valence-electron chi connectivity index (χ2n) is 8.26. The van der Waals surface area contributed by atoms with Crippen molar-refractivity contribution in [2.24, 2.45) is 5.10 Å². The van der Waals surface area contributed by atoms with Crippen LogP contribution in [0.5, 0.6) is 5.75 Å². The molecular weight excluding hydrogens is 475 g/mol. The number of urea groups is 1. The van der Waals surface area contributed by atoms with Crippen molar-refractivity contribution in [3.63, 3.8) is 0 Å². The number of pyridine rings is 1. The Hall–Kier alpha value is -4.40. The van der Waals surface area contributed by atoms with E-state index < -0.39 is 35.6 Å². The van der Waals surface area contributed by atoms with E-state index in [2.05, 4.69) is 15.4 Å². The molecule has 12 heteroatoms. The topological polar surface area (TPSA) is 118 Å². The lowest BCUT2D eigenvalue weighted by Crippen LogP contribution is -2.58. The zero-order chi connectivity index (χ0) is 26.0. The van der Waals surface area contributed by atoms with Crippen LogP contribution in [-0.4, -0.2) is 59.1 Å². The fourth-order valence-corrected chi connectivity index (χ4v) is 4.00. The summed E-state index contributed by atoms with van der Waals surface area (Å²) in [6.45, 7) is 1.88. The number of hydrogen-bond acceptors (Lipinski definition) is 7. The molecule has 0 saturated carbocycles. The molecule has 3 heterocycles. The van der Waals surface area contributed by atoms with Crippen LogP contribution in [0.3, 0.4) is 0 Å². The Kier molecular flexibility index (Phi) is 6.91. The molecule has 1 aromatic carbocycles. The standard InChI is InChI=1S/C24H22F3N7O2/c1-13(19(29)9-28)23(30-2)20-8-22(18(27)10-31-20)36-17-11-33(12-17)24(35)34-21(3-4-32-34)14-5-15(25)7-16(26)6-14/h4-8,10,17,21,29-30H,3,11-12H2,1-2H3/b23-13-,29-19?. The number of ether oxygens (including phenoxy) is 1. The molecule has 0 radical (unpaired) electrons. The Bertz CT molecular complexity index is 1300. The highest BCUT2D eigenvalue weighted by Gasteiger charge is 2.39. The van der Waals surface area contributed by atoms with Gasteiger partial charge in [-0.3, -0.25) is 10.4 Å².